The van der Waals surface area contributed by atoms with Gasteiger partial charge in [-0.25, -0.2) is 8.78 Å². The van der Waals surface area contributed by atoms with Gasteiger partial charge in [0.25, 0.3) is 5.91 Å². The van der Waals surface area contributed by atoms with E-state index in [1.54, 1.807) is 0 Å². The minimum Gasteiger partial charge on any atom is -0.358 e. The van der Waals surface area contributed by atoms with Crippen LogP contribution in [0.2, 0.25) is 0 Å². The van der Waals surface area contributed by atoms with Gasteiger partial charge in [-0.2, -0.15) is 0 Å². The van der Waals surface area contributed by atoms with Gasteiger partial charge in [0.1, 0.15) is 11.6 Å². The van der Waals surface area contributed by atoms with Crippen LogP contribution >= 0.6 is 0 Å². The van der Waals surface area contributed by atoms with Gasteiger partial charge in [-0.1, -0.05) is 18.2 Å². The number of amides is 2. The van der Waals surface area contributed by atoms with E-state index < -0.39 is 23.1 Å². The second-order valence-electron chi connectivity index (χ2n) is 7.87. The molecule has 1 atom stereocenters. The van der Waals surface area contributed by atoms with Crippen molar-refractivity contribution in [2.45, 2.75) is 18.9 Å². The molecule has 0 radical (unpaired) electrons. The number of aromatic nitrogens is 1. The monoisotopic (exact) mass is 431 g/mol. The third kappa shape index (κ3) is 2.97. The summed E-state index contributed by atoms with van der Waals surface area (Å²) in [5.74, 6) is -1.54. The molecule has 1 saturated heterocycles. The first-order valence-corrected chi connectivity index (χ1v) is 10.1. The quantitative estimate of drug-likeness (QED) is 0.446. The fraction of sp³-hybridized carbons (Fsp3) is 0.120. The molecule has 0 spiro atoms. The van der Waals surface area contributed by atoms with Crippen molar-refractivity contribution in [3.05, 3.63) is 95.7 Å². The van der Waals surface area contributed by atoms with Crippen LogP contribution in [0, 0.1) is 18.6 Å². The number of anilines is 2. The molecule has 4 aromatic rings. The molecule has 5 nitrogen and oxygen atoms in total. The highest BCUT2D eigenvalue weighted by atomic mass is 19.1. The zero-order chi connectivity index (χ0) is 22.5. The van der Waals surface area contributed by atoms with Crippen LogP contribution in [0.1, 0.15) is 17.7 Å². The maximum Gasteiger partial charge on any atom is 0.256 e. The molecule has 2 heterocycles. The number of carbonyl (C=O) groups excluding carboxylic acids is 2. The van der Waals surface area contributed by atoms with Crippen molar-refractivity contribution in [3.63, 3.8) is 0 Å². The second-order valence-corrected chi connectivity index (χ2v) is 7.87. The van der Waals surface area contributed by atoms with E-state index in [0.29, 0.717) is 16.9 Å². The number of rotatable bonds is 4. The lowest BCUT2D eigenvalue weighted by molar-refractivity contribution is -0.137. The number of aromatic amines is 1. The molecule has 0 aliphatic carbocycles. The maximum absolute atomic E-state index is 13.8. The summed E-state index contributed by atoms with van der Waals surface area (Å²) in [6.07, 6.45) is -0.0555. The van der Waals surface area contributed by atoms with Gasteiger partial charge in [-0.05, 0) is 61.5 Å². The van der Waals surface area contributed by atoms with Crippen molar-refractivity contribution >= 4 is 34.1 Å². The number of para-hydroxylation sites is 1. The number of hydrogen-bond acceptors (Lipinski definition) is 2. The predicted molar refractivity (Wildman–Crippen MR) is 118 cm³/mol. The Morgan fingerprint density at radius 1 is 0.969 bits per heavy atom. The largest absolute Gasteiger partial charge is 0.358 e. The van der Waals surface area contributed by atoms with Crippen LogP contribution in [0.15, 0.2) is 72.8 Å². The van der Waals surface area contributed by atoms with Gasteiger partial charge < -0.3 is 10.3 Å². The maximum atomic E-state index is 13.8. The van der Waals surface area contributed by atoms with Gasteiger partial charge in [0, 0.05) is 33.5 Å². The second kappa shape index (κ2) is 7.30. The van der Waals surface area contributed by atoms with Crippen LogP contribution in [0.4, 0.5) is 20.2 Å². The molecule has 1 unspecified atom stereocenters. The van der Waals surface area contributed by atoms with Crippen molar-refractivity contribution in [1.82, 2.24) is 4.98 Å². The predicted octanol–water partition coefficient (Wildman–Crippen LogP) is 5.03. The first-order chi connectivity index (χ1) is 15.4. The van der Waals surface area contributed by atoms with E-state index in [1.165, 1.54) is 53.4 Å². The fourth-order valence-electron chi connectivity index (χ4n) is 4.53. The Labute approximate surface area is 182 Å². The molecule has 0 bridgehead atoms. The summed E-state index contributed by atoms with van der Waals surface area (Å²) in [5.41, 5.74) is 1.74. The van der Waals surface area contributed by atoms with Crippen molar-refractivity contribution in [3.8, 4) is 0 Å². The molecule has 1 aliphatic heterocycles. The Balaban J connectivity index is 1.69. The Morgan fingerprint density at radius 2 is 1.59 bits per heavy atom. The van der Waals surface area contributed by atoms with Gasteiger partial charge in [-0.15, -0.1) is 0 Å². The molecule has 1 fully saturated rings. The Hall–Kier alpha value is -4.00. The lowest BCUT2D eigenvalue weighted by Crippen LogP contribution is -2.67. The smallest absolute Gasteiger partial charge is 0.256 e. The third-order valence-electron chi connectivity index (χ3n) is 5.91. The number of β-lactam (4-membered cyclic amide) rings is 1. The summed E-state index contributed by atoms with van der Waals surface area (Å²) in [6, 6.07) is 18.5. The topological polar surface area (TPSA) is 65.2 Å². The SMILES string of the molecule is Cc1[nH]c2ccccc2c1C1(C(=O)Nc2ccc(F)cc2)CC(=O)N1c1ccc(F)cc1. The third-order valence-corrected chi connectivity index (χ3v) is 5.91. The van der Waals surface area contributed by atoms with Crippen LogP contribution < -0.4 is 10.2 Å². The minimum atomic E-state index is -1.35. The van der Waals surface area contributed by atoms with E-state index in [4.69, 9.17) is 0 Å². The van der Waals surface area contributed by atoms with Crippen molar-refractivity contribution in [1.29, 1.82) is 0 Å². The molecule has 1 aliphatic rings. The average Bonchev–Trinajstić information content (AvgIpc) is 3.10. The van der Waals surface area contributed by atoms with Gasteiger partial charge in [0.2, 0.25) is 5.91 Å². The minimum absolute atomic E-state index is 0.0555. The lowest BCUT2D eigenvalue weighted by Gasteiger charge is -2.50. The number of hydrogen-bond donors (Lipinski definition) is 2. The number of aryl methyl sites for hydroxylation is 1. The molecule has 5 rings (SSSR count). The standard InChI is InChI=1S/C25H19F2N3O2/c1-15-23(20-4-2-3-5-21(20)28-15)25(24(32)29-18-10-6-16(26)7-11-18)14-22(31)30(25)19-12-8-17(27)9-13-19/h2-13,28H,14H2,1H3,(H,29,32). The van der Waals surface area contributed by atoms with Crippen molar-refractivity contribution in [2.24, 2.45) is 0 Å². The number of H-pyrrole nitrogens is 1. The summed E-state index contributed by atoms with van der Waals surface area (Å²) < 4.78 is 26.9. The Kier molecular flexibility index (Phi) is 4.55. The highest BCUT2D eigenvalue weighted by Crippen LogP contribution is 2.49. The van der Waals surface area contributed by atoms with Gasteiger partial charge >= 0.3 is 0 Å². The molecule has 160 valence electrons. The Morgan fingerprint density at radius 3 is 2.25 bits per heavy atom. The number of benzene rings is 3. The first-order valence-electron chi connectivity index (χ1n) is 10.1. The number of halogens is 2. The molecular weight excluding hydrogens is 412 g/mol. The van der Waals surface area contributed by atoms with E-state index >= 15 is 0 Å². The zero-order valence-corrected chi connectivity index (χ0v) is 17.2. The van der Waals surface area contributed by atoms with Crippen LogP contribution in [-0.4, -0.2) is 16.8 Å². The highest BCUT2D eigenvalue weighted by Gasteiger charge is 2.60. The summed E-state index contributed by atoms with van der Waals surface area (Å²) in [5, 5.41) is 3.65. The first kappa shape index (κ1) is 19.9. The van der Waals surface area contributed by atoms with Crippen molar-refractivity contribution < 1.29 is 18.4 Å². The molecule has 0 saturated carbocycles. The molecule has 2 amide bonds. The van der Waals surface area contributed by atoms with Crippen LogP contribution in [-0.2, 0) is 15.1 Å². The molecular formula is C25H19F2N3O2. The highest BCUT2D eigenvalue weighted by molar-refractivity contribution is 6.18. The molecule has 3 aromatic carbocycles. The lowest BCUT2D eigenvalue weighted by atomic mass is 9.74. The molecule has 1 aromatic heterocycles. The number of nitrogens with one attached hydrogen (secondary N) is 2. The van der Waals surface area contributed by atoms with E-state index in [0.717, 1.165) is 16.6 Å². The zero-order valence-electron chi connectivity index (χ0n) is 17.2. The van der Waals surface area contributed by atoms with Crippen LogP contribution in [0.3, 0.4) is 0 Å². The van der Waals surface area contributed by atoms with Gasteiger partial charge in [0.05, 0.1) is 6.42 Å². The van der Waals surface area contributed by atoms with Crippen LogP contribution in [0.5, 0.6) is 0 Å². The summed E-state index contributed by atoms with van der Waals surface area (Å²) in [4.78, 5) is 31.4. The fourth-order valence-corrected chi connectivity index (χ4v) is 4.53. The summed E-state index contributed by atoms with van der Waals surface area (Å²) in [6.45, 7) is 1.86. The summed E-state index contributed by atoms with van der Waals surface area (Å²) >= 11 is 0. The van der Waals surface area contributed by atoms with Crippen LogP contribution in [0.25, 0.3) is 10.9 Å². The number of fused-ring (bicyclic) bond motifs is 1. The average molecular weight is 431 g/mol. The Bertz CT molecular complexity index is 1350. The normalized spacial score (nSPS) is 18.0. The van der Waals surface area contributed by atoms with E-state index in [-0.39, 0.29) is 12.3 Å². The molecule has 7 heteroatoms. The van der Waals surface area contributed by atoms with E-state index in [9.17, 15) is 18.4 Å². The number of nitrogens with zero attached hydrogens (tertiary/aromatic N) is 1. The molecule has 32 heavy (non-hydrogen) atoms. The number of carbonyl (C=O) groups is 2. The van der Waals surface area contributed by atoms with Gasteiger partial charge in [0.15, 0.2) is 5.54 Å². The van der Waals surface area contributed by atoms with Crippen molar-refractivity contribution in [2.75, 3.05) is 10.2 Å². The summed E-state index contributed by atoms with van der Waals surface area (Å²) in [7, 11) is 0. The van der Waals surface area contributed by atoms with E-state index in [2.05, 4.69) is 10.3 Å². The van der Waals surface area contributed by atoms with Gasteiger partial charge in [-0.3, -0.25) is 14.5 Å². The molecule has 2 N–H and O–H groups in total. The van der Waals surface area contributed by atoms with E-state index in [1.807, 2.05) is 31.2 Å².